The fraction of sp³-hybridized carbons (Fsp3) is 0.286. The van der Waals surface area contributed by atoms with Crippen molar-refractivity contribution in [1.29, 1.82) is 0 Å². The van der Waals surface area contributed by atoms with Gasteiger partial charge in [-0.15, -0.1) is 0 Å². The molecule has 0 bridgehead atoms. The Morgan fingerprint density at radius 2 is 1.53 bits per heavy atom. The van der Waals surface area contributed by atoms with E-state index in [4.69, 9.17) is 21.1 Å². The summed E-state index contributed by atoms with van der Waals surface area (Å²) >= 11 is 6.26. The van der Waals surface area contributed by atoms with Gasteiger partial charge in [-0.1, -0.05) is 23.7 Å². The van der Waals surface area contributed by atoms with Crippen LogP contribution < -0.4 is 14.8 Å². The van der Waals surface area contributed by atoms with Crippen molar-refractivity contribution in [3.8, 4) is 17.2 Å². The lowest BCUT2D eigenvalue weighted by Crippen LogP contribution is -2.46. The highest BCUT2D eigenvalue weighted by Gasteiger charge is 2.53. The Bertz CT molecular complexity index is 1340. The number of aliphatic hydroxyl groups is 1. The van der Waals surface area contributed by atoms with Crippen LogP contribution in [-0.2, 0) is 10.4 Å². The topological polar surface area (TPSA) is 108 Å². The van der Waals surface area contributed by atoms with Crippen molar-refractivity contribution in [2.75, 3.05) is 18.4 Å². The number of carboxylic acid groups (broad SMARTS) is 1. The third-order valence-corrected chi connectivity index (χ3v) is 7.07. The molecule has 2 amide bonds. The van der Waals surface area contributed by atoms with Gasteiger partial charge in [0.05, 0.1) is 5.60 Å². The molecule has 0 spiro atoms. The standard InChI is InChI=1S/C28H26ClFN2O6/c29-19-15-21(31-26(35)32-13-11-27(36,12-14-32)18-1-3-20(30)4-2-18)17-24(16-19)37-22-5-7-23(8-6-22)38-28(9-10-28)25(33)34/h1-8,15-17,36H,9-14H2,(H,31,35)(H,33,34). The van der Waals surface area contributed by atoms with Gasteiger partial charge in [0.15, 0.2) is 0 Å². The largest absolute Gasteiger partial charge is 0.478 e. The van der Waals surface area contributed by atoms with Crippen LogP contribution in [0.2, 0.25) is 5.02 Å². The Balaban J connectivity index is 1.19. The molecule has 198 valence electrons. The van der Waals surface area contributed by atoms with Crippen LogP contribution in [0.4, 0.5) is 14.9 Å². The quantitative estimate of drug-likeness (QED) is 0.350. The smallest absolute Gasteiger partial charge is 0.348 e. The monoisotopic (exact) mass is 540 g/mol. The van der Waals surface area contributed by atoms with Crippen molar-refractivity contribution in [1.82, 2.24) is 4.90 Å². The van der Waals surface area contributed by atoms with E-state index in [1.165, 1.54) is 12.1 Å². The first kappa shape index (κ1) is 25.8. The van der Waals surface area contributed by atoms with Crippen molar-refractivity contribution in [3.05, 3.63) is 83.1 Å². The van der Waals surface area contributed by atoms with Crippen molar-refractivity contribution in [2.24, 2.45) is 0 Å². The number of anilines is 1. The number of aliphatic carboxylic acids is 1. The zero-order valence-corrected chi connectivity index (χ0v) is 21.1. The Morgan fingerprint density at radius 3 is 2.13 bits per heavy atom. The Morgan fingerprint density at radius 1 is 0.895 bits per heavy atom. The summed E-state index contributed by atoms with van der Waals surface area (Å²) in [7, 11) is 0. The second-order valence-electron chi connectivity index (χ2n) is 9.61. The maximum atomic E-state index is 13.2. The first-order chi connectivity index (χ1) is 18.1. The molecule has 1 heterocycles. The Hall–Kier alpha value is -3.82. The molecule has 1 saturated heterocycles. The molecule has 8 nitrogen and oxygen atoms in total. The third kappa shape index (κ3) is 5.69. The van der Waals surface area contributed by atoms with E-state index >= 15 is 0 Å². The number of ether oxygens (including phenoxy) is 2. The summed E-state index contributed by atoms with van der Waals surface area (Å²) in [6, 6.07) is 16.8. The average Bonchev–Trinajstić information content (AvgIpc) is 3.66. The molecule has 10 heteroatoms. The van der Waals surface area contributed by atoms with Gasteiger partial charge < -0.3 is 29.9 Å². The van der Waals surface area contributed by atoms with Crippen LogP contribution in [0.15, 0.2) is 66.7 Å². The predicted octanol–water partition coefficient (Wildman–Crippen LogP) is 5.78. The van der Waals surface area contributed by atoms with Gasteiger partial charge in [0, 0.05) is 42.7 Å². The van der Waals surface area contributed by atoms with E-state index in [-0.39, 0.29) is 11.8 Å². The molecular weight excluding hydrogens is 515 g/mol. The zero-order valence-electron chi connectivity index (χ0n) is 20.3. The molecule has 3 aromatic rings. The molecule has 0 aromatic heterocycles. The molecule has 2 fully saturated rings. The minimum atomic E-state index is -1.13. The summed E-state index contributed by atoms with van der Waals surface area (Å²) in [5.41, 5.74) is -1.18. The normalized spacial score (nSPS) is 17.4. The van der Waals surface area contributed by atoms with Gasteiger partial charge in [-0.05, 0) is 66.9 Å². The van der Waals surface area contributed by atoms with E-state index in [0.29, 0.717) is 72.3 Å². The maximum absolute atomic E-state index is 13.2. The van der Waals surface area contributed by atoms with Gasteiger partial charge in [-0.3, -0.25) is 0 Å². The predicted molar refractivity (Wildman–Crippen MR) is 138 cm³/mol. The number of likely N-dealkylation sites (tertiary alicyclic amines) is 1. The lowest BCUT2D eigenvalue weighted by Gasteiger charge is -2.38. The molecule has 0 radical (unpaired) electrons. The van der Waals surface area contributed by atoms with Crippen LogP contribution in [0.5, 0.6) is 17.2 Å². The van der Waals surface area contributed by atoms with Crippen LogP contribution >= 0.6 is 11.6 Å². The van der Waals surface area contributed by atoms with E-state index in [0.717, 1.165) is 0 Å². The zero-order chi connectivity index (χ0) is 26.9. The van der Waals surface area contributed by atoms with E-state index in [2.05, 4.69) is 5.32 Å². The third-order valence-electron chi connectivity index (χ3n) is 6.85. The van der Waals surface area contributed by atoms with Gasteiger partial charge >= 0.3 is 12.0 Å². The number of carboxylic acids is 1. The van der Waals surface area contributed by atoms with E-state index in [9.17, 15) is 24.2 Å². The highest BCUT2D eigenvalue weighted by Crippen LogP contribution is 2.41. The van der Waals surface area contributed by atoms with E-state index < -0.39 is 17.2 Å². The number of nitrogens with one attached hydrogen (secondary N) is 1. The highest BCUT2D eigenvalue weighted by atomic mass is 35.5. The second-order valence-corrected chi connectivity index (χ2v) is 10.0. The Labute approximate surface area is 223 Å². The summed E-state index contributed by atoms with van der Waals surface area (Å²) in [6.07, 6.45) is 1.60. The molecule has 0 atom stereocenters. The molecule has 5 rings (SSSR count). The van der Waals surface area contributed by atoms with Crippen LogP contribution in [0.3, 0.4) is 0 Å². The molecule has 2 aliphatic rings. The van der Waals surface area contributed by atoms with Crippen molar-refractivity contribution < 1.29 is 33.7 Å². The first-order valence-corrected chi connectivity index (χ1v) is 12.6. The number of urea groups is 1. The van der Waals surface area contributed by atoms with Crippen LogP contribution in [-0.4, -0.2) is 45.8 Å². The first-order valence-electron chi connectivity index (χ1n) is 12.2. The fourth-order valence-corrected chi connectivity index (χ4v) is 4.66. The van der Waals surface area contributed by atoms with Crippen molar-refractivity contribution >= 4 is 29.3 Å². The summed E-state index contributed by atoms with van der Waals surface area (Å²) in [5.74, 6) is -0.0286. The minimum Gasteiger partial charge on any atom is -0.478 e. The molecule has 3 aromatic carbocycles. The van der Waals surface area contributed by atoms with E-state index in [1.807, 2.05) is 0 Å². The molecule has 1 aliphatic heterocycles. The van der Waals surface area contributed by atoms with Crippen molar-refractivity contribution in [2.45, 2.75) is 36.9 Å². The summed E-state index contributed by atoms with van der Waals surface area (Å²) in [4.78, 5) is 25.8. The van der Waals surface area contributed by atoms with Crippen LogP contribution in [0.25, 0.3) is 0 Å². The van der Waals surface area contributed by atoms with Gasteiger partial charge in [0.2, 0.25) is 5.60 Å². The fourth-order valence-electron chi connectivity index (χ4n) is 4.44. The molecule has 1 aliphatic carbocycles. The number of carbonyl (C=O) groups is 2. The van der Waals surface area contributed by atoms with E-state index in [1.54, 1.807) is 59.5 Å². The summed E-state index contributed by atoms with van der Waals surface area (Å²) in [6.45, 7) is 0.641. The number of amides is 2. The minimum absolute atomic E-state index is 0.321. The lowest BCUT2D eigenvalue weighted by molar-refractivity contribution is -0.147. The molecule has 1 saturated carbocycles. The number of nitrogens with zero attached hydrogens (tertiary/aromatic N) is 1. The summed E-state index contributed by atoms with van der Waals surface area (Å²) < 4.78 is 24.7. The average molecular weight is 541 g/mol. The number of benzene rings is 3. The number of carbonyl (C=O) groups excluding carboxylic acids is 1. The molecule has 3 N–H and O–H groups in total. The number of halogens is 2. The number of piperidine rings is 1. The molecule has 0 unspecified atom stereocenters. The van der Waals surface area contributed by atoms with Gasteiger partial charge in [0.1, 0.15) is 23.1 Å². The lowest BCUT2D eigenvalue weighted by atomic mass is 9.84. The second kappa shape index (κ2) is 10.2. The van der Waals surface area contributed by atoms with Crippen LogP contribution in [0, 0.1) is 5.82 Å². The van der Waals surface area contributed by atoms with Gasteiger partial charge in [-0.25, -0.2) is 14.0 Å². The number of hydrogen-bond acceptors (Lipinski definition) is 5. The maximum Gasteiger partial charge on any atom is 0.348 e. The highest BCUT2D eigenvalue weighted by molar-refractivity contribution is 6.31. The Kier molecular flexibility index (Phi) is 6.90. The summed E-state index contributed by atoms with van der Waals surface area (Å²) in [5, 5.41) is 23.4. The van der Waals surface area contributed by atoms with Crippen molar-refractivity contribution in [3.63, 3.8) is 0 Å². The number of rotatable bonds is 7. The molecule has 38 heavy (non-hydrogen) atoms. The van der Waals surface area contributed by atoms with Gasteiger partial charge in [-0.2, -0.15) is 0 Å². The van der Waals surface area contributed by atoms with Gasteiger partial charge in [0.25, 0.3) is 0 Å². The van der Waals surface area contributed by atoms with Crippen LogP contribution in [0.1, 0.15) is 31.2 Å². The molecular formula is C28H26ClFN2O6. The SMILES string of the molecule is O=C(Nc1cc(Cl)cc(Oc2ccc(OC3(C(=O)O)CC3)cc2)c1)N1CCC(O)(c2ccc(F)cc2)CC1. The number of hydrogen-bond donors (Lipinski definition) is 3.